The summed E-state index contributed by atoms with van der Waals surface area (Å²) in [6, 6.07) is 0. The summed E-state index contributed by atoms with van der Waals surface area (Å²) in [5, 5.41) is 5.82. The van der Waals surface area contributed by atoms with Crippen LogP contribution in [0.3, 0.4) is 0 Å². The van der Waals surface area contributed by atoms with Crippen LogP contribution in [-0.4, -0.2) is 25.5 Å². The van der Waals surface area contributed by atoms with Gasteiger partial charge in [-0.1, -0.05) is 11.6 Å². The standard InChI is InChI=1S/C9H12N2O/c1-2-9(12)11-7-8-3-5-10-6-4-8/h1,3,10H,4-7H2,(H,11,12). The second-order valence-corrected chi connectivity index (χ2v) is 2.64. The van der Waals surface area contributed by atoms with Crippen LogP contribution >= 0.6 is 0 Å². The van der Waals surface area contributed by atoms with Crippen LogP contribution in [0, 0.1) is 12.3 Å². The molecule has 1 amide bonds. The van der Waals surface area contributed by atoms with E-state index in [1.165, 1.54) is 5.57 Å². The van der Waals surface area contributed by atoms with E-state index in [4.69, 9.17) is 6.42 Å². The lowest BCUT2D eigenvalue weighted by Gasteiger charge is -2.13. The van der Waals surface area contributed by atoms with Crippen molar-refractivity contribution in [2.45, 2.75) is 6.42 Å². The predicted octanol–water partition coefficient (Wildman–Crippen LogP) is -0.345. The SMILES string of the molecule is C#CC(=O)NCC1=CCNCC1. The molecule has 0 radical (unpaired) electrons. The van der Waals surface area contributed by atoms with Crippen molar-refractivity contribution in [3.8, 4) is 12.3 Å². The highest BCUT2D eigenvalue weighted by atomic mass is 16.1. The fourth-order valence-corrected chi connectivity index (χ4v) is 1.07. The first-order valence-electron chi connectivity index (χ1n) is 3.96. The number of hydrogen-bond donors (Lipinski definition) is 2. The summed E-state index contributed by atoms with van der Waals surface area (Å²) in [7, 11) is 0. The average molecular weight is 164 g/mol. The minimum absolute atomic E-state index is 0.338. The van der Waals surface area contributed by atoms with Crippen molar-refractivity contribution in [3.05, 3.63) is 11.6 Å². The third-order valence-corrected chi connectivity index (χ3v) is 1.77. The monoisotopic (exact) mass is 164 g/mol. The van der Waals surface area contributed by atoms with Crippen LogP contribution in [0.1, 0.15) is 6.42 Å². The second kappa shape index (κ2) is 4.58. The van der Waals surface area contributed by atoms with Crippen molar-refractivity contribution >= 4 is 5.91 Å². The van der Waals surface area contributed by atoms with Gasteiger partial charge in [0.15, 0.2) is 0 Å². The summed E-state index contributed by atoms with van der Waals surface area (Å²) >= 11 is 0. The molecule has 0 aromatic rings. The molecule has 0 fully saturated rings. The van der Waals surface area contributed by atoms with Gasteiger partial charge in [-0.2, -0.15) is 0 Å². The molecule has 1 aliphatic heterocycles. The fraction of sp³-hybridized carbons (Fsp3) is 0.444. The van der Waals surface area contributed by atoms with Crippen LogP contribution < -0.4 is 10.6 Å². The largest absolute Gasteiger partial charge is 0.342 e. The highest BCUT2D eigenvalue weighted by molar-refractivity contribution is 5.92. The molecule has 1 rings (SSSR count). The lowest BCUT2D eigenvalue weighted by atomic mass is 10.1. The van der Waals surface area contributed by atoms with Gasteiger partial charge in [0.1, 0.15) is 0 Å². The first-order valence-corrected chi connectivity index (χ1v) is 3.96. The maximum atomic E-state index is 10.7. The Kier molecular flexibility index (Phi) is 3.36. The molecule has 0 saturated heterocycles. The van der Waals surface area contributed by atoms with Crippen LogP contribution in [0.25, 0.3) is 0 Å². The number of terminal acetylenes is 1. The van der Waals surface area contributed by atoms with E-state index in [1.54, 1.807) is 0 Å². The number of amides is 1. The Balaban J connectivity index is 2.27. The molecule has 0 aromatic carbocycles. The van der Waals surface area contributed by atoms with Crippen LogP contribution in [0.15, 0.2) is 11.6 Å². The van der Waals surface area contributed by atoms with Crippen LogP contribution in [0.2, 0.25) is 0 Å². The average Bonchev–Trinajstić information content (AvgIpc) is 2.16. The topological polar surface area (TPSA) is 41.1 Å². The fourth-order valence-electron chi connectivity index (χ4n) is 1.07. The Bertz CT molecular complexity index is 237. The molecular formula is C9H12N2O. The molecule has 64 valence electrons. The first-order chi connectivity index (χ1) is 5.83. The van der Waals surface area contributed by atoms with E-state index in [0.717, 1.165) is 19.5 Å². The molecule has 0 atom stereocenters. The Labute approximate surface area is 72.2 Å². The van der Waals surface area contributed by atoms with Crippen molar-refractivity contribution in [1.29, 1.82) is 0 Å². The quantitative estimate of drug-likeness (QED) is 0.433. The van der Waals surface area contributed by atoms with E-state index in [-0.39, 0.29) is 5.91 Å². The van der Waals surface area contributed by atoms with Gasteiger partial charge in [-0.15, -0.1) is 6.42 Å². The van der Waals surface area contributed by atoms with Gasteiger partial charge < -0.3 is 10.6 Å². The molecular weight excluding hydrogens is 152 g/mol. The summed E-state index contributed by atoms with van der Waals surface area (Å²) in [4.78, 5) is 10.7. The van der Waals surface area contributed by atoms with Gasteiger partial charge >= 0.3 is 0 Å². The Morgan fingerprint density at radius 2 is 2.67 bits per heavy atom. The van der Waals surface area contributed by atoms with Crippen LogP contribution in [0.4, 0.5) is 0 Å². The third kappa shape index (κ3) is 2.77. The summed E-state index contributed by atoms with van der Waals surface area (Å²) < 4.78 is 0. The number of rotatable bonds is 2. The minimum atomic E-state index is -0.338. The predicted molar refractivity (Wildman–Crippen MR) is 47.4 cm³/mol. The third-order valence-electron chi connectivity index (χ3n) is 1.77. The van der Waals surface area contributed by atoms with E-state index in [0.29, 0.717) is 6.54 Å². The molecule has 12 heavy (non-hydrogen) atoms. The number of hydrogen-bond acceptors (Lipinski definition) is 2. The lowest BCUT2D eigenvalue weighted by Crippen LogP contribution is -2.28. The zero-order chi connectivity index (χ0) is 8.81. The van der Waals surface area contributed by atoms with Gasteiger partial charge in [-0.3, -0.25) is 4.79 Å². The van der Waals surface area contributed by atoms with E-state index in [2.05, 4.69) is 16.7 Å². The molecule has 0 saturated carbocycles. The molecule has 2 N–H and O–H groups in total. The minimum Gasteiger partial charge on any atom is -0.342 e. The maximum absolute atomic E-state index is 10.7. The van der Waals surface area contributed by atoms with E-state index in [1.807, 2.05) is 5.92 Å². The van der Waals surface area contributed by atoms with Gasteiger partial charge in [0, 0.05) is 13.1 Å². The van der Waals surface area contributed by atoms with Gasteiger partial charge in [-0.05, 0) is 18.9 Å². The molecule has 0 aliphatic carbocycles. The van der Waals surface area contributed by atoms with Crippen molar-refractivity contribution in [3.63, 3.8) is 0 Å². The molecule has 0 unspecified atom stereocenters. The molecule has 0 spiro atoms. The molecule has 3 heteroatoms. The zero-order valence-electron chi connectivity index (χ0n) is 6.89. The smallest absolute Gasteiger partial charge is 0.295 e. The van der Waals surface area contributed by atoms with Crippen molar-refractivity contribution in [1.82, 2.24) is 10.6 Å². The zero-order valence-corrected chi connectivity index (χ0v) is 6.89. The highest BCUT2D eigenvalue weighted by Gasteiger charge is 2.02. The Morgan fingerprint density at radius 1 is 1.83 bits per heavy atom. The molecule has 1 aliphatic rings. The summed E-state index contributed by atoms with van der Waals surface area (Å²) in [6.45, 7) is 2.46. The summed E-state index contributed by atoms with van der Waals surface area (Å²) in [5.41, 5.74) is 1.25. The summed E-state index contributed by atoms with van der Waals surface area (Å²) in [5.74, 6) is 1.67. The van der Waals surface area contributed by atoms with Crippen molar-refractivity contribution in [2.24, 2.45) is 0 Å². The van der Waals surface area contributed by atoms with Crippen LogP contribution in [0.5, 0.6) is 0 Å². The first kappa shape index (κ1) is 8.82. The highest BCUT2D eigenvalue weighted by Crippen LogP contribution is 2.01. The molecule has 3 nitrogen and oxygen atoms in total. The Hall–Kier alpha value is -1.27. The number of carbonyl (C=O) groups excluding carboxylic acids is 1. The maximum Gasteiger partial charge on any atom is 0.295 e. The second-order valence-electron chi connectivity index (χ2n) is 2.64. The van der Waals surface area contributed by atoms with Gasteiger partial charge in [0.25, 0.3) is 5.91 Å². The van der Waals surface area contributed by atoms with Gasteiger partial charge in [0.05, 0.1) is 0 Å². The molecule has 0 aromatic heterocycles. The summed E-state index contributed by atoms with van der Waals surface area (Å²) in [6.07, 6.45) is 7.97. The van der Waals surface area contributed by atoms with E-state index >= 15 is 0 Å². The molecule has 0 bridgehead atoms. The van der Waals surface area contributed by atoms with Crippen molar-refractivity contribution in [2.75, 3.05) is 19.6 Å². The lowest BCUT2D eigenvalue weighted by molar-refractivity contribution is -0.115. The van der Waals surface area contributed by atoms with Gasteiger partial charge in [-0.25, -0.2) is 0 Å². The normalized spacial score (nSPS) is 16.1. The molecule has 1 heterocycles. The van der Waals surface area contributed by atoms with Crippen molar-refractivity contribution < 1.29 is 4.79 Å². The van der Waals surface area contributed by atoms with E-state index < -0.39 is 0 Å². The Morgan fingerprint density at radius 3 is 3.25 bits per heavy atom. The van der Waals surface area contributed by atoms with Gasteiger partial charge in [0.2, 0.25) is 0 Å². The van der Waals surface area contributed by atoms with E-state index in [9.17, 15) is 4.79 Å². The number of carbonyl (C=O) groups is 1. The number of nitrogens with one attached hydrogen (secondary N) is 2. The van der Waals surface area contributed by atoms with Crippen LogP contribution in [-0.2, 0) is 4.79 Å².